The number of rotatable bonds is 5. The molecule has 7 heteroatoms. The van der Waals surface area contributed by atoms with Crippen LogP contribution in [0.25, 0.3) is 11.3 Å². The van der Waals surface area contributed by atoms with Crippen LogP contribution in [0.4, 0.5) is 11.5 Å². The molecule has 0 radical (unpaired) electrons. The number of amides is 1. The van der Waals surface area contributed by atoms with Gasteiger partial charge >= 0.3 is 0 Å². The lowest BCUT2D eigenvalue weighted by atomic mass is 10.1. The van der Waals surface area contributed by atoms with Crippen LogP contribution in [-0.4, -0.2) is 66.2 Å². The molecular weight excluding hydrogens is 378 g/mol. The van der Waals surface area contributed by atoms with Gasteiger partial charge in [-0.05, 0) is 61.6 Å². The average Bonchev–Trinajstić information content (AvgIpc) is 2.80. The predicted molar refractivity (Wildman–Crippen MR) is 117 cm³/mol. The number of anilines is 2. The molecular formula is C23H25N5O2. The van der Waals surface area contributed by atoms with Gasteiger partial charge in [-0.2, -0.15) is 0 Å². The predicted octanol–water partition coefficient (Wildman–Crippen LogP) is 3.28. The second-order valence-corrected chi connectivity index (χ2v) is 7.33. The van der Waals surface area contributed by atoms with Crippen LogP contribution in [0.2, 0.25) is 0 Å². The van der Waals surface area contributed by atoms with Gasteiger partial charge in [-0.25, -0.2) is 0 Å². The summed E-state index contributed by atoms with van der Waals surface area (Å²) in [6, 6.07) is 19.0. The van der Waals surface area contributed by atoms with Crippen molar-refractivity contribution in [3.63, 3.8) is 0 Å². The molecule has 0 atom stereocenters. The standard InChI is InChI=1S/C23H25N5O2/c1-27-12-14-28(15-13-27)23(29)18-4-3-5-19(16-18)24-22-11-10-21(25-26-22)17-6-8-20(30-2)9-7-17/h3-11,16H,12-15H2,1-2H3,(H,24,26). The molecule has 1 N–H and O–H groups in total. The number of carbonyl (C=O) groups excluding carboxylic acids is 1. The van der Waals surface area contributed by atoms with Crippen molar-refractivity contribution < 1.29 is 9.53 Å². The zero-order valence-corrected chi connectivity index (χ0v) is 17.2. The molecule has 1 amide bonds. The van der Waals surface area contributed by atoms with E-state index in [1.54, 1.807) is 7.11 Å². The maximum absolute atomic E-state index is 12.8. The number of nitrogens with one attached hydrogen (secondary N) is 1. The Labute approximate surface area is 176 Å². The normalized spacial score (nSPS) is 14.4. The average molecular weight is 403 g/mol. The van der Waals surface area contributed by atoms with Crippen molar-refractivity contribution in [2.75, 3.05) is 45.7 Å². The maximum atomic E-state index is 12.8. The van der Waals surface area contributed by atoms with Gasteiger partial charge in [-0.1, -0.05) is 6.07 Å². The van der Waals surface area contributed by atoms with Crippen molar-refractivity contribution in [2.24, 2.45) is 0 Å². The highest BCUT2D eigenvalue weighted by molar-refractivity contribution is 5.95. The number of hydrogen-bond acceptors (Lipinski definition) is 6. The molecule has 0 aliphatic carbocycles. The van der Waals surface area contributed by atoms with Crippen molar-refractivity contribution in [3.8, 4) is 17.0 Å². The van der Waals surface area contributed by atoms with Crippen molar-refractivity contribution in [1.29, 1.82) is 0 Å². The molecule has 1 aromatic heterocycles. The van der Waals surface area contributed by atoms with Gasteiger partial charge in [0.25, 0.3) is 5.91 Å². The maximum Gasteiger partial charge on any atom is 0.254 e. The topological polar surface area (TPSA) is 70.6 Å². The van der Waals surface area contributed by atoms with E-state index in [1.165, 1.54) is 0 Å². The molecule has 7 nitrogen and oxygen atoms in total. The second-order valence-electron chi connectivity index (χ2n) is 7.33. The number of piperazine rings is 1. The lowest BCUT2D eigenvalue weighted by Crippen LogP contribution is -2.47. The first-order chi connectivity index (χ1) is 14.6. The van der Waals surface area contributed by atoms with Gasteiger partial charge in [0.1, 0.15) is 5.75 Å². The molecule has 1 saturated heterocycles. The highest BCUT2D eigenvalue weighted by atomic mass is 16.5. The molecule has 2 heterocycles. The van der Waals surface area contributed by atoms with Gasteiger partial charge in [0, 0.05) is 43.0 Å². The third-order valence-corrected chi connectivity index (χ3v) is 5.22. The van der Waals surface area contributed by atoms with Crippen molar-refractivity contribution in [3.05, 3.63) is 66.2 Å². The first-order valence-electron chi connectivity index (χ1n) is 9.95. The molecule has 1 aliphatic rings. The summed E-state index contributed by atoms with van der Waals surface area (Å²) in [5.74, 6) is 1.49. The fourth-order valence-electron chi connectivity index (χ4n) is 3.38. The van der Waals surface area contributed by atoms with Gasteiger partial charge in [0.05, 0.1) is 12.8 Å². The fourth-order valence-corrected chi connectivity index (χ4v) is 3.38. The zero-order valence-electron chi connectivity index (χ0n) is 17.2. The quantitative estimate of drug-likeness (QED) is 0.705. The molecule has 0 bridgehead atoms. The van der Waals surface area contributed by atoms with E-state index in [1.807, 2.05) is 65.6 Å². The molecule has 4 rings (SSSR count). The van der Waals surface area contributed by atoms with E-state index in [0.717, 1.165) is 48.9 Å². The minimum atomic E-state index is 0.0627. The minimum absolute atomic E-state index is 0.0627. The SMILES string of the molecule is COc1ccc(-c2ccc(Nc3cccc(C(=O)N4CCN(C)CC4)c3)nn2)cc1. The Balaban J connectivity index is 1.44. The summed E-state index contributed by atoms with van der Waals surface area (Å²) in [7, 11) is 3.72. The van der Waals surface area contributed by atoms with Gasteiger partial charge in [-0.15, -0.1) is 10.2 Å². The first-order valence-corrected chi connectivity index (χ1v) is 9.95. The molecule has 30 heavy (non-hydrogen) atoms. The summed E-state index contributed by atoms with van der Waals surface area (Å²) in [6.45, 7) is 3.32. The Morgan fingerprint density at radius 2 is 1.73 bits per heavy atom. The van der Waals surface area contributed by atoms with Crippen molar-refractivity contribution in [1.82, 2.24) is 20.0 Å². The van der Waals surface area contributed by atoms with E-state index in [-0.39, 0.29) is 5.91 Å². The second kappa shape index (κ2) is 8.92. The summed E-state index contributed by atoms with van der Waals surface area (Å²) in [4.78, 5) is 16.9. The number of carbonyl (C=O) groups is 1. The number of hydrogen-bond donors (Lipinski definition) is 1. The lowest BCUT2D eigenvalue weighted by Gasteiger charge is -2.32. The summed E-state index contributed by atoms with van der Waals surface area (Å²) in [5.41, 5.74) is 3.23. The number of ether oxygens (including phenoxy) is 1. The highest BCUT2D eigenvalue weighted by Crippen LogP contribution is 2.22. The van der Waals surface area contributed by atoms with E-state index in [4.69, 9.17) is 4.74 Å². The number of aromatic nitrogens is 2. The molecule has 2 aromatic carbocycles. The third-order valence-electron chi connectivity index (χ3n) is 5.22. The Bertz CT molecular complexity index is 997. The molecule has 1 fully saturated rings. The Hall–Kier alpha value is -3.45. The molecule has 3 aromatic rings. The van der Waals surface area contributed by atoms with E-state index >= 15 is 0 Å². The van der Waals surface area contributed by atoms with Gasteiger partial charge < -0.3 is 19.9 Å². The van der Waals surface area contributed by atoms with Crippen molar-refractivity contribution >= 4 is 17.4 Å². The minimum Gasteiger partial charge on any atom is -0.497 e. The molecule has 154 valence electrons. The Morgan fingerprint density at radius 3 is 2.40 bits per heavy atom. The smallest absolute Gasteiger partial charge is 0.254 e. The van der Waals surface area contributed by atoms with Crippen molar-refractivity contribution in [2.45, 2.75) is 0 Å². The molecule has 1 aliphatic heterocycles. The highest BCUT2D eigenvalue weighted by Gasteiger charge is 2.20. The monoisotopic (exact) mass is 403 g/mol. The van der Waals surface area contributed by atoms with Crippen LogP contribution in [0.3, 0.4) is 0 Å². The van der Waals surface area contributed by atoms with E-state index in [0.29, 0.717) is 11.4 Å². The van der Waals surface area contributed by atoms with Gasteiger partial charge in [-0.3, -0.25) is 4.79 Å². The molecule has 0 unspecified atom stereocenters. The lowest BCUT2D eigenvalue weighted by molar-refractivity contribution is 0.0664. The summed E-state index contributed by atoms with van der Waals surface area (Å²) < 4.78 is 5.19. The summed E-state index contributed by atoms with van der Waals surface area (Å²) >= 11 is 0. The summed E-state index contributed by atoms with van der Waals surface area (Å²) in [6.07, 6.45) is 0. The Kier molecular flexibility index (Phi) is 5.90. The van der Waals surface area contributed by atoms with E-state index < -0.39 is 0 Å². The fraction of sp³-hybridized carbons (Fsp3) is 0.261. The third kappa shape index (κ3) is 4.58. The number of benzene rings is 2. The van der Waals surface area contributed by atoms with Gasteiger partial charge in [0.2, 0.25) is 0 Å². The number of methoxy groups -OCH3 is 1. The van der Waals surface area contributed by atoms with E-state index in [9.17, 15) is 4.79 Å². The molecule has 0 saturated carbocycles. The van der Waals surface area contributed by atoms with Crippen LogP contribution in [-0.2, 0) is 0 Å². The molecule has 0 spiro atoms. The number of nitrogens with zero attached hydrogens (tertiary/aromatic N) is 4. The first kappa shape index (κ1) is 19.8. The zero-order chi connectivity index (χ0) is 20.9. The number of likely N-dealkylation sites (N-methyl/N-ethyl adjacent to an activating group) is 1. The van der Waals surface area contributed by atoms with Crippen LogP contribution in [0, 0.1) is 0 Å². The van der Waals surface area contributed by atoms with Gasteiger partial charge in [0.15, 0.2) is 5.82 Å². The van der Waals surface area contributed by atoms with Crippen LogP contribution in [0.5, 0.6) is 5.75 Å². The van der Waals surface area contributed by atoms with Crippen LogP contribution in [0.15, 0.2) is 60.7 Å². The van der Waals surface area contributed by atoms with Crippen LogP contribution in [0.1, 0.15) is 10.4 Å². The van der Waals surface area contributed by atoms with E-state index in [2.05, 4.69) is 27.5 Å². The van der Waals surface area contributed by atoms with Crippen LogP contribution < -0.4 is 10.1 Å². The van der Waals surface area contributed by atoms with Crippen LogP contribution >= 0.6 is 0 Å². The Morgan fingerprint density at radius 1 is 0.967 bits per heavy atom. The largest absolute Gasteiger partial charge is 0.497 e. The summed E-state index contributed by atoms with van der Waals surface area (Å²) in [5, 5.41) is 11.8.